The van der Waals surface area contributed by atoms with E-state index in [1.54, 1.807) is 0 Å². The monoisotopic (exact) mass is 227 g/mol. The van der Waals surface area contributed by atoms with Crippen LogP contribution in [0.5, 0.6) is 0 Å². The van der Waals surface area contributed by atoms with Crippen LogP contribution in [0.4, 0.5) is 0 Å². The number of aliphatic hydroxyl groups is 2. The fourth-order valence-corrected chi connectivity index (χ4v) is 3.12. The Morgan fingerprint density at radius 3 is 1.50 bits per heavy atom. The van der Waals surface area contributed by atoms with Gasteiger partial charge in [0.15, 0.2) is 0 Å². The lowest BCUT2D eigenvalue weighted by Gasteiger charge is -2.33. The van der Waals surface area contributed by atoms with Crippen LogP contribution >= 0.6 is 0 Å². The molecule has 2 aliphatic carbocycles. The molecule has 3 heteroatoms. The van der Waals surface area contributed by atoms with Crippen LogP contribution in [0.3, 0.4) is 0 Å². The average Bonchev–Trinajstić information content (AvgIpc) is 2.66. The van der Waals surface area contributed by atoms with Gasteiger partial charge in [-0.1, -0.05) is 32.1 Å². The zero-order valence-corrected chi connectivity index (χ0v) is 10.2. The van der Waals surface area contributed by atoms with Gasteiger partial charge in [0.1, 0.15) is 0 Å². The zero-order valence-electron chi connectivity index (χ0n) is 10.2. The van der Waals surface area contributed by atoms with E-state index in [1.165, 1.54) is 6.42 Å². The molecule has 94 valence electrons. The summed E-state index contributed by atoms with van der Waals surface area (Å²) in [5, 5.41) is 23.7. The van der Waals surface area contributed by atoms with E-state index in [2.05, 4.69) is 5.32 Å². The lowest BCUT2D eigenvalue weighted by atomic mass is 9.85. The van der Waals surface area contributed by atoms with Crippen molar-refractivity contribution in [1.82, 2.24) is 5.32 Å². The standard InChI is InChI=1S/C13H25NO2/c15-12(6-2-1-3-7-12)10-14-11-13(16)8-4-5-9-13/h14-16H,1-11H2. The lowest BCUT2D eigenvalue weighted by molar-refractivity contribution is -0.00563. The number of rotatable bonds is 4. The van der Waals surface area contributed by atoms with Gasteiger partial charge in [0, 0.05) is 13.1 Å². The first-order valence-electron chi connectivity index (χ1n) is 6.78. The SMILES string of the molecule is OC1(CNCC2(O)CCCC2)CCCCC1. The molecular formula is C13H25NO2. The van der Waals surface area contributed by atoms with E-state index in [0.29, 0.717) is 13.1 Å². The molecule has 0 unspecified atom stereocenters. The van der Waals surface area contributed by atoms with Crippen LogP contribution in [0, 0.1) is 0 Å². The fraction of sp³-hybridized carbons (Fsp3) is 1.00. The van der Waals surface area contributed by atoms with Gasteiger partial charge in [-0.2, -0.15) is 0 Å². The Bertz CT molecular complexity index is 218. The van der Waals surface area contributed by atoms with Gasteiger partial charge in [0.05, 0.1) is 11.2 Å². The van der Waals surface area contributed by atoms with E-state index < -0.39 is 11.2 Å². The summed E-state index contributed by atoms with van der Waals surface area (Å²) in [6.45, 7) is 1.30. The van der Waals surface area contributed by atoms with Crippen LogP contribution in [0.15, 0.2) is 0 Å². The van der Waals surface area contributed by atoms with Crippen LogP contribution in [0.1, 0.15) is 57.8 Å². The third-order valence-corrected chi connectivity index (χ3v) is 4.23. The third-order valence-electron chi connectivity index (χ3n) is 4.23. The highest BCUT2D eigenvalue weighted by Gasteiger charge is 2.33. The molecule has 2 fully saturated rings. The van der Waals surface area contributed by atoms with Gasteiger partial charge >= 0.3 is 0 Å². The van der Waals surface area contributed by atoms with Crippen molar-refractivity contribution < 1.29 is 10.2 Å². The molecule has 2 rings (SSSR count). The summed E-state index contributed by atoms with van der Waals surface area (Å²) in [4.78, 5) is 0. The van der Waals surface area contributed by atoms with Gasteiger partial charge in [0.25, 0.3) is 0 Å². The van der Waals surface area contributed by atoms with E-state index in [4.69, 9.17) is 0 Å². The van der Waals surface area contributed by atoms with E-state index in [9.17, 15) is 10.2 Å². The first-order chi connectivity index (χ1) is 7.62. The zero-order chi connectivity index (χ0) is 11.5. The quantitative estimate of drug-likeness (QED) is 0.683. The second-order valence-electron chi connectivity index (χ2n) is 5.82. The molecule has 0 saturated heterocycles. The van der Waals surface area contributed by atoms with E-state index >= 15 is 0 Å². The third kappa shape index (κ3) is 3.19. The number of hydrogen-bond acceptors (Lipinski definition) is 3. The maximum atomic E-state index is 10.3. The Balaban J connectivity index is 1.70. The Kier molecular flexibility index (Phi) is 3.88. The molecule has 3 nitrogen and oxygen atoms in total. The predicted octanol–water partition coefficient (Wildman–Crippen LogP) is 1.58. The summed E-state index contributed by atoms with van der Waals surface area (Å²) < 4.78 is 0. The first-order valence-corrected chi connectivity index (χ1v) is 6.78. The molecule has 0 aromatic rings. The van der Waals surface area contributed by atoms with Crippen molar-refractivity contribution >= 4 is 0 Å². The van der Waals surface area contributed by atoms with Gasteiger partial charge in [-0.3, -0.25) is 0 Å². The largest absolute Gasteiger partial charge is 0.389 e. The second-order valence-corrected chi connectivity index (χ2v) is 5.82. The molecule has 0 atom stereocenters. The van der Waals surface area contributed by atoms with Crippen LogP contribution in [0.2, 0.25) is 0 Å². The summed E-state index contributed by atoms with van der Waals surface area (Å²) in [5.41, 5.74) is -1.00. The van der Waals surface area contributed by atoms with Gasteiger partial charge < -0.3 is 15.5 Å². The Morgan fingerprint density at radius 1 is 0.688 bits per heavy atom. The predicted molar refractivity (Wildman–Crippen MR) is 64.3 cm³/mol. The van der Waals surface area contributed by atoms with Crippen LogP contribution in [0.25, 0.3) is 0 Å². The summed E-state index contributed by atoms with van der Waals surface area (Å²) in [7, 11) is 0. The van der Waals surface area contributed by atoms with Crippen molar-refractivity contribution in [2.75, 3.05) is 13.1 Å². The fourth-order valence-electron chi connectivity index (χ4n) is 3.12. The van der Waals surface area contributed by atoms with Crippen LogP contribution in [-0.2, 0) is 0 Å². The molecule has 3 N–H and O–H groups in total. The van der Waals surface area contributed by atoms with E-state index in [1.807, 2.05) is 0 Å². The molecule has 0 aromatic heterocycles. The maximum Gasteiger partial charge on any atom is 0.0771 e. The smallest absolute Gasteiger partial charge is 0.0771 e. The molecule has 0 radical (unpaired) electrons. The highest BCUT2D eigenvalue weighted by molar-refractivity contribution is 4.89. The molecule has 0 aliphatic heterocycles. The number of hydrogen-bond donors (Lipinski definition) is 3. The Labute approximate surface area is 98.2 Å². The van der Waals surface area contributed by atoms with Gasteiger partial charge in [-0.15, -0.1) is 0 Å². The van der Waals surface area contributed by atoms with E-state index in [-0.39, 0.29) is 0 Å². The highest BCUT2D eigenvalue weighted by atomic mass is 16.3. The minimum atomic E-state index is -0.507. The molecule has 2 aliphatic rings. The minimum absolute atomic E-state index is 0.495. The number of nitrogens with one attached hydrogen (secondary N) is 1. The molecule has 0 bridgehead atoms. The second kappa shape index (κ2) is 5.03. The van der Waals surface area contributed by atoms with Gasteiger partial charge in [-0.25, -0.2) is 0 Å². The summed E-state index contributed by atoms with van der Waals surface area (Å²) >= 11 is 0. The molecule has 0 amide bonds. The topological polar surface area (TPSA) is 52.5 Å². The molecule has 0 heterocycles. The van der Waals surface area contributed by atoms with Crippen molar-refractivity contribution in [2.24, 2.45) is 0 Å². The minimum Gasteiger partial charge on any atom is -0.389 e. The molecular weight excluding hydrogens is 202 g/mol. The van der Waals surface area contributed by atoms with Gasteiger partial charge in [-0.05, 0) is 25.7 Å². The van der Waals surface area contributed by atoms with Crippen molar-refractivity contribution in [1.29, 1.82) is 0 Å². The summed E-state index contributed by atoms with van der Waals surface area (Å²) in [6, 6.07) is 0. The van der Waals surface area contributed by atoms with Crippen molar-refractivity contribution in [2.45, 2.75) is 69.0 Å². The summed E-state index contributed by atoms with van der Waals surface area (Å²) in [6.07, 6.45) is 9.48. The lowest BCUT2D eigenvalue weighted by Crippen LogP contribution is -2.47. The summed E-state index contributed by atoms with van der Waals surface area (Å²) in [5.74, 6) is 0. The highest BCUT2D eigenvalue weighted by Crippen LogP contribution is 2.30. The normalized spacial score (nSPS) is 28.1. The van der Waals surface area contributed by atoms with Gasteiger partial charge in [0.2, 0.25) is 0 Å². The molecule has 16 heavy (non-hydrogen) atoms. The Morgan fingerprint density at radius 2 is 1.06 bits per heavy atom. The van der Waals surface area contributed by atoms with E-state index in [0.717, 1.165) is 51.4 Å². The average molecular weight is 227 g/mol. The first kappa shape index (κ1) is 12.3. The maximum absolute atomic E-state index is 10.3. The van der Waals surface area contributed by atoms with Crippen molar-refractivity contribution in [3.05, 3.63) is 0 Å². The molecule has 2 saturated carbocycles. The van der Waals surface area contributed by atoms with Crippen LogP contribution in [-0.4, -0.2) is 34.5 Å². The molecule has 0 aromatic carbocycles. The van der Waals surface area contributed by atoms with Crippen molar-refractivity contribution in [3.63, 3.8) is 0 Å². The van der Waals surface area contributed by atoms with Crippen molar-refractivity contribution in [3.8, 4) is 0 Å². The van der Waals surface area contributed by atoms with Crippen LogP contribution < -0.4 is 5.32 Å². The Hall–Kier alpha value is -0.120. The molecule has 0 spiro atoms.